The third kappa shape index (κ3) is 4.44. The van der Waals surface area contributed by atoms with Gasteiger partial charge >= 0.3 is 0 Å². The van der Waals surface area contributed by atoms with Crippen molar-refractivity contribution in [3.05, 3.63) is 36.2 Å². The number of alkyl halides is 2. The first kappa shape index (κ1) is 22.2. The fourth-order valence-electron chi connectivity index (χ4n) is 4.31. The zero-order valence-corrected chi connectivity index (χ0v) is 18.7. The van der Waals surface area contributed by atoms with Crippen LogP contribution in [-0.2, 0) is 4.79 Å². The molecular formula is C24H26F2N6O2. The summed E-state index contributed by atoms with van der Waals surface area (Å²) >= 11 is 0. The molecule has 10 heteroatoms. The van der Waals surface area contributed by atoms with Crippen LogP contribution in [-0.4, -0.2) is 52.3 Å². The normalized spacial score (nSPS) is 18.8. The smallest absolute Gasteiger partial charge is 0.255 e. The Morgan fingerprint density at radius 3 is 2.85 bits per heavy atom. The molecule has 0 radical (unpaired) electrons. The van der Waals surface area contributed by atoms with Gasteiger partial charge in [0.2, 0.25) is 11.8 Å². The molecule has 1 aliphatic heterocycles. The molecule has 2 atom stereocenters. The maximum Gasteiger partial charge on any atom is 0.255 e. The monoisotopic (exact) mass is 468 g/mol. The van der Waals surface area contributed by atoms with Gasteiger partial charge in [0, 0.05) is 48.0 Å². The predicted molar refractivity (Wildman–Crippen MR) is 125 cm³/mol. The lowest BCUT2D eigenvalue weighted by molar-refractivity contribution is -0.119. The molecular weight excluding hydrogens is 442 g/mol. The summed E-state index contributed by atoms with van der Waals surface area (Å²) in [7, 11) is 0. The molecule has 1 amide bonds. The highest BCUT2D eigenvalue weighted by Crippen LogP contribution is 2.40. The lowest BCUT2D eigenvalue weighted by Gasteiger charge is -2.20. The zero-order valence-electron chi connectivity index (χ0n) is 18.7. The third-order valence-corrected chi connectivity index (χ3v) is 6.38. The lowest BCUT2D eigenvalue weighted by atomic mass is 10.0. The van der Waals surface area contributed by atoms with Crippen molar-refractivity contribution in [2.24, 2.45) is 5.92 Å². The van der Waals surface area contributed by atoms with Crippen molar-refractivity contribution >= 4 is 28.8 Å². The van der Waals surface area contributed by atoms with Gasteiger partial charge in [0.1, 0.15) is 11.6 Å². The van der Waals surface area contributed by atoms with Crippen LogP contribution < -0.4 is 15.4 Å². The molecule has 2 fully saturated rings. The van der Waals surface area contributed by atoms with Crippen molar-refractivity contribution in [1.82, 2.24) is 19.9 Å². The molecule has 3 heterocycles. The Morgan fingerprint density at radius 2 is 2.18 bits per heavy atom. The van der Waals surface area contributed by atoms with Gasteiger partial charge in [0.05, 0.1) is 24.1 Å². The highest BCUT2D eigenvalue weighted by Gasteiger charge is 2.31. The number of pyridine rings is 1. The largest absolute Gasteiger partial charge is 0.473 e. The number of aromatic nitrogens is 3. The molecule has 8 nitrogen and oxygen atoms in total. The van der Waals surface area contributed by atoms with Crippen LogP contribution >= 0.6 is 0 Å². The Morgan fingerprint density at radius 1 is 1.35 bits per heavy atom. The van der Waals surface area contributed by atoms with Gasteiger partial charge in [-0.1, -0.05) is 6.07 Å². The summed E-state index contributed by atoms with van der Waals surface area (Å²) in [5.74, 6) is 0.533. The lowest BCUT2D eigenvalue weighted by Crippen LogP contribution is -2.26. The highest BCUT2D eigenvalue weighted by molar-refractivity contribution is 5.90. The molecule has 0 spiro atoms. The number of benzene rings is 1. The van der Waals surface area contributed by atoms with Gasteiger partial charge < -0.3 is 25.3 Å². The zero-order chi connectivity index (χ0) is 23.8. The van der Waals surface area contributed by atoms with Crippen LogP contribution in [0.1, 0.15) is 37.8 Å². The fourth-order valence-corrected chi connectivity index (χ4v) is 4.31. The van der Waals surface area contributed by atoms with E-state index >= 15 is 0 Å². The number of ether oxygens (including phenoxy) is 1. The molecule has 178 valence electrons. The minimum absolute atomic E-state index is 0.0232. The molecule has 2 aliphatic rings. The number of carbonyl (C=O) groups excluding carboxylic acids is 1. The van der Waals surface area contributed by atoms with Crippen molar-refractivity contribution in [2.45, 2.75) is 44.8 Å². The van der Waals surface area contributed by atoms with Crippen molar-refractivity contribution < 1.29 is 18.3 Å². The van der Waals surface area contributed by atoms with Crippen molar-refractivity contribution in [3.8, 4) is 17.1 Å². The molecule has 3 N–H and O–H groups in total. The van der Waals surface area contributed by atoms with Crippen molar-refractivity contribution in [1.29, 1.82) is 5.41 Å². The van der Waals surface area contributed by atoms with E-state index in [1.54, 1.807) is 18.2 Å². The summed E-state index contributed by atoms with van der Waals surface area (Å²) in [5.41, 5.74) is 3.85. The minimum atomic E-state index is -2.49. The molecule has 0 bridgehead atoms. The van der Waals surface area contributed by atoms with E-state index in [0.29, 0.717) is 41.8 Å². The average molecular weight is 469 g/mol. The molecule has 1 aromatic carbocycles. The molecule has 3 aromatic rings. The van der Waals surface area contributed by atoms with Crippen LogP contribution in [0.4, 0.5) is 14.5 Å². The second-order valence-corrected chi connectivity index (χ2v) is 8.87. The Labute approximate surface area is 195 Å². The highest BCUT2D eigenvalue weighted by atomic mass is 19.3. The number of nitrogens with zero attached hydrogens (tertiary/aromatic N) is 3. The van der Waals surface area contributed by atoms with E-state index in [4.69, 9.17) is 15.1 Å². The van der Waals surface area contributed by atoms with E-state index in [2.05, 4.69) is 20.2 Å². The molecule has 1 saturated heterocycles. The minimum Gasteiger partial charge on any atom is -0.473 e. The predicted octanol–water partition coefficient (Wildman–Crippen LogP) is 4.01. The van der Waals surface area contributed by atoms with Gasteiger partial charge in [-0.3, -0.25) is 4.79 Å². The number of carbonyl (C=O) groups is 1. The summed E-state index contributed by atoms with van der Waals surface area (Å²) in [6.45, 7) is 2.03. The van der Waals surface area contributed by atoms with Gasteiger partial charge in [-0.05, 0) is 38.0 Å². The second-order valence-electron chi connectivity index (χ2n) is 8.87. The van der Waals surface area contributed by atoms with E-state index in [9.17, 15) is 13.6 Å². The number of hydrogen-bond donors (Lipinski definition) is 3. The van der Waals surface area contributed by atoms with Crippen LogP contribution in [0.15, 0.2) is 30.6 Å². The number of amides is 1. The summed E-state index contributed by atoms with van der Waals surface area (Å²) in [4.78, 5) is 21.1. The van der Waals surface area contributed by atoms with E-state index in [1.807, 2.05) is 19.3 Å². The fraction of sp³-hybridized carbons (Fsp3) is 0.417. The summed E-state index contributed by atoms with van der Waals surface area (Å²) in [6.07, 6.45) is 2.80. The maximum absolute atomic E-state index is 12.6. The van der Waals surface area contributed by atoms with E-state index in [-0.39, 0.29) is 17.9 Å². The van der Waals surface area contributed by atoms with Crippen molar-refractivity contribution in [2.75, 3.05) is 18.4 Å². The Bertz CT molecular complexity index is 1240. The molecule has 1 aliphatic carbocycles. The van der Waals surface area contributed by atoms with E-state index < -0.39 is 13.0 Å². The molecule has 34 heavy (non-hydrogen) atoms. The van der Waals surface area contributed by atoms with Crippen LogP contribution in [0.5, 0.6) is 5.88 Å². The van der Waals surface area contributed by atoms with Gasteiger partial charge in [-0.2, -0.15) is 0 Å². The molecule has 0 unspecified atom stereocenters. The Balaban J connectivity index is 1.52. The first-order valence-corrected chi connectivity index (χ1v) is 11.4. The number of halogens is 2. The summed E-state index contributed by atoms with van der Waals surface area (Å²) < 4.78 is 33.7. The van der Waals surface area contributed by atoms with Crippen molar-refractivity contribution in [3.63, 3.8) is 0 Å². The molecule has 2 aromatic heterocycles. The van der Waals surface area contributed by atoms with Gasteiger partial charge in [-0.25, -0.2) is 18.7 Å². The molecule has 5 rings (SSSR count). The number of rotatable bonds is 9. The third-order valence-electron chi connectivity index (χ3n) is 6.38. The topological polar surface area (TPSA) is 105 Å². The SMILES string of the molecule is C[C@@H](Oc1nc(-c2ccc(NCC(F)F)c(C=N)c2)cc2ncn(C3CC3)c12)[C@H]1CNC(=O)C1. The number of imidazole rings is 1. The Kier molecular flexibility index (Phi) is 5.89. The van der Waals surface area contributed by atoms with Gasteiger partial charge in [0.25, 0.3) is 6.43 Å². The van der Waals surface area contributed by atoms with Gasteiger partial charge in [-0.15, -0.1) is 0 Å². The maximum atomic E-state index is 12.6. The summed E-state index contributed by atoms with van der Waals surface area (Å²) in [5, 5.41) is 13.2. The van der Waals surface area contributed by atoms with Gasteiger partial charge in [0.15, 0.2) is 0 Å². The quantitative estimate of drug-likeness (QED) is 0.412. The average Bonchev–Trinajstić information content (AvgIpc) is 3.42. The van der Waals surface area contributed by atoms with Crippen LogP contribution in [0.25, 0.3) is 22.3 Å². The first-order valence-electron chi connectivity index (χ1n) is 11.4. The summed E-state index contributed by atoms with van der Waals surface area (Å²) in [6, 6.07) is 7.45. The standard InChI is InChI=1S/C24H26F2N6O2/c1-13(16-7-22(33)29-10-16)34-24-23-20(30-12-32(23)17-3-4-17)8-19(31-24)14-2-5-18(15(6-14)9-27)28-11-21(25)26/h2,5-6,8-9,12-13,16-17,21,27-28H,3-4,7,10-11H2,1H3,(H,29,33)/t13-,16-/m1/s1. The number of anilines is 1. The second kappa shape index (κ2) is 9.00. The van der Waals surface area contributed by atoms with Crippen LogP contribution in [0, 0.1) is 11.3 Å². The Hall–Kier alpha value is -3.56. The number of nitrogens with one attached hydrogen (secondary N) is 3. The van der Waals surface area contributed by atoms with E-state index in [0.717, 1.165) is 35.7 Å². The molecule has 1 saturated carbocycles. The number of hydrogen-bond acceptors (Lipinski definition) is 6. The van der Waals surface area contributed by atoms with Crippen LogP contribution in [0.3, 0.4) is 0 Å². The van der Waals surface area contributed by atoms with E-state index in [1.165, 1.54) is 0 Å². The van der Waals surface area contributed by atoms with Crippen LogP contribution in [0.2, 0.25) is 0 Å². The number of fused-ring (bicyclic) bond motifs is 1. The first-order chi connectivity index (χ1) is 16.4.